The van der Waals surface area contributed by atoms with Crippen LogP contribution in [0, 0.1) is 6.92 Å². The topological polar surface area (TPSA) is 75.5 Å². The van der Waals surface area contributed by atoms with Crippen molar-refractivity contribution < 1.29 is 9.59 Å². The Morgan fingerprint density at radius 2 is 1.61 bits per heavy atom. The molecule has 2 aromatic heterocycles. The highest BCUT2D eigenvalue weighted by atomic mass is 32.1. The van der Waals surface area contributed by atoms with Gasteiger partial charge in [0.15, 0.2) is 4.96 Å². The normalized spacial score (nSPS) is 11.8. The number of hydrogen-bond acceptors (Lipinski definition) is 4. The molecule has 5 rings (SSSR count). The van der Waals surface area contributed by atoms with Crippen LogP contribution in [0.15, 0.2) is 96.5 Å². The molecule has 0 aliphatic heterocycles. The van der Waals surface area contributed by atoms with Gasteiger partial charge in [0, 0.05) is 23.7 Å². The average Bonchev–Trinajstić information content (AvgIpc) is 3.48. The first kappa shape index (κ1) is 23.5. The smallest absolute Gasteiger partial charge is 0.270 e. The second-order valence-corrected chi connectivity index (χ2v) is 9.46. The first-order chi connectivity index (χ1) is 17.6. The molecule has 36 heavy (non-hydrogen) atoms. The molecule has 7 heteroatoms. The minimum atomic E-state index is -0.307. The van der Waals surface area contributed by atoms with Crippen LogP contribution in [0.2, 0.25) is 0 Å². The number of nitrogens with zero attached hydrogens (tertiary/aromatic N) is 2. The summed E-state index contributed by atoms with van der Waals surface area (Å²) in [6, 6.07) is 27.1. The molecule has 0 radical (unpaired) electrons. The van der Waals surface area contributed by atoms with E-state index in [1.807, 2.05) is 103 Å². The number of nitrogens with one attached hydrogen (secondary N) is 2. The van der Waals surface area contributed by atoms with Crippen molar-refractivity contribution in [1.29, 1.82) is 0 Å². The Morgan fingerprint density at radius 3 is 2.39 bits per heavy atom. The van der Waals surface area contributed by atoms with Crippen LogP contribution in [0.25, 0.3) is 16.1 Å². The molecule has 0 saturated heterocycles. The molecule has 2 amide bonds. The monoisotopic (exact) mass is 494 g/mol. The second-order valence-electron chi connectivity index (χ2n) is 8.58. The van der Waals surface area contributed by atoms with Crippen LogP contribution < -0.4 is 10.6 Å². The minimum absolute atomic E-state index is 0.176. The average molecular weight is 495 g/mol. The highest BCUT2D eigenvalue weighted by Crippen LogP contribution is 2.23. The molecule has 0 fully saturated rings. The van der Waals surface area contributed by atoms with Gasteiger partial charge in [0.1, 0.15) is 5.69 Å². The number of benzene rings is 3. The highest BCUT2D eigenvalue weighted by molar-refractivity contribution is 7.15. The van der Waals surface area contributed by atoms with E-state index in [4.69, 9.17) is 0 Å². The van der Waals surface area contributed by atoms with E-state index in [2.05, 4.69) is 15.6 Å². The van der Waals surface area contributed by atoms with Crippen LogP contribution in [-0.4, -0.2) is 33.8 Å². The van der Waals surface area contributed by atoms with E-state index >= 15 is 0 Å². The summed E-state index contributed by atoms with van der Waals surface area (Å²) >= 11 is 1.49. The first-order valence-electron chi connectivity index (χ1n) is 11.8. The molecule has 6 nitrogen and oxygen atoms in total. The third-order valence-electron chi connectivity index (χ3n) is 6.08. The molecule has 3 aromatic carbocycles. The van der Waals surface area contributed by atoms with E-state index in [1.165, 1.54) is 11.3 Å². The van der Waals surface area contributed by atoms with Crippen molar-refractivity contribution in [1.82, 2.24) is 20.0 Å². The number of rotatable bonds is 8. The van der Waals surface area contributed by atoms with Crippen LogP contribution in [0.1, 0.15) is 32.1 Å². The van der Waals surface area contributed by atoms with Crippen LogP contribution in [0.5, 0.6) is 0 Å². The molecular weight excluding hydrogens is 468 g/mol. The van der Waals surface area contributed by atoms with Crippen LogP contribution in [-0.2, 0) is 6.42 Å². The number of aromatic nitrogens is 2. The Morgan fingerprint density at radius 1 is 0.917 bits per heavy atom. The van der Waals surface area contributed by atoms with Gasteiger partial charge in [-0.2, -0.15) is 0 Å². The van der Waals surface area contributed by atoms with Crippen molar-refractivity contribution >= 4 is 28.1 Å². The summed E-state index contributed by atoms with van der Waals surface area (Å²) in [4.78, 5) is 31.8. The van der Waals surface area contributed by atoms with Gasteiger partial charge in [0.25, 0.3) is 11.8 Å². The van der Waals surface area contributed by atoms with E-state index in [1.54, 1.807) is 4.40 Å². The van der Waals surface area contributed by atoms with Gasteiger partial charge < -0.3 is 10.6 Å². The van der Waals surface area contributed by atoms with Gasteiger partial charge in [0.2, 0.25) is 0 Å². The third kappa shape index (κ3) is 5.06. The van der Waals surface area contributed by atoms with Crippen molar-refractivity contribution in [3.8, 4) is 11.1 Å². The van der Waals surface area contributed by atoms with Gasteiger partial charge >= 0.3 is 0 Å². The van der Waals surface area contributed by atoms with Crippen molar-refractivity contribution in [2.24, 2.45) is 0 Å². The van der Waals surface area contributed by atoms with Crippen molar-refractivity contribution in [3.63, 3.8) is 0 Å². The summed E-state index contributed by atoms with van der Waals surface area (Å²) in [5, 5.41) is 8.09. The van der Waals surface area contributed by atoms with Gasteiger partial charge in [-0.15, -0.1) is 11.3 Å². The predicted molar refractivity (Wildman–Crippen MR) is 143 cm³/mol. The number of aryl methyl sites for hydroxylation is 1. The lowest BCUT2D eigenvalue weighted by Gasteiger charge is -2.21. The fraction of sp³-hybridized carbons (Fsp3) is 0.138. The zero-order chi connectivity index (χ0) is 24.9. The summed E-state index contributed by atoms with van der Waals surface area (Å²) in [5.41, 5.74) is 4.72. The molecule has 0 spiro atoms. The van der Waals surface area contributed by atoms with Gasteiger partial charge in [-0.05, 0) is 36.1 Å². The minimum Gasteiger partial charge on any atom is -0.349 e. The van der Waals surface area contributed by atoms with Crippen LogP contribution >= 0.6 is 11.3 Å². The molecule has 2 heterocycles. The Balaban J connectivity index is 1.37. The predicted octanol–water partition coefficient (Wildman–Crippen LogP) is 5.14. The summed E-state index contributed by atoms with van der Waals surface area (Å²) in [6.45, 7) is 2.11. The summed E-state index contributed by atoms with van der Waals surface area (Å²) in [5.74, 6) is -0.388. The fourth-order valence-electron chi connectivity index (χ4n) is 4.35. The molecule has 0 aliphatic rings. The number of imidazole rings is 1. The molecule has 0 saturated carbocycles. The van der Waals surface area contributed by atoms with Crippen molar-refractivity contribution in [2.45, 2.75) is 19.4 Å². The van der Waals surface area contributed by atoms with Gasteiger partial charge in [-0.25, -0.2) is 4.98 Å². The van der Waals surface area contributed by atoms with Crippen molar-refractivity contribution in [3.05, 3.63) is 119 Å². The summed E-state index contributed by atoms with van der Waals surface area (Å²) in [6.07, 6.45) is 2.43. The molecule has 2 N–H and O–H groups in total. The molecular formula is C29H26N4O2S. The number of thiazole rings is 1. The van der Waals surface area contributed by atoms with Crippen LogP contribution in [0.3, 0.4) is 0 Å². The Labute approximate surface area is 213 Å². The van der Waals surface area contributed by atoms with E-state index in [-0.39, 0.29) is 24.4 Å². The van der Waals surface area contributed by atoms with Crippen molar-refractivity contribution in [2.75, 3.05) is 6.54 Å². The lowest BCUT2D eigenvalue weighted by atomic mass is 9.98. The largest absolute Gasteiger partial charge is 0.349 e. The zero-order valence-electron chi connectivity index (χ0n) is 19.8. The third-order valence-corrected chi connectivity index (χ3v) is 6.83. The molecule has 0 aliphatic carbocycles. The van der Waals surface area contributed by atoms with E-state index in [0.717, 1.165) is 21.7 Å². The van der Waals surface area contributed by atoms with Crippen LogP contribution in [0.4, 0.5) is 0 Å². The fourth-order valence-corrected chi connectivity index (χ4v) is 5.11. The quantitative estimate of drug-likeness (QED) is 0.314. The molecule has 0 bridgehead atoms. The number of hydrogen-bond donors (Lipinski definition) is 2. The van der Waals surface area contributed by atoms with Gasteiger partial charge in [-0.1, -0.05) is 78.9 Å². The summed E-state index contributed by atoms with van der Waals surface area (Å²) in [7, 11) is 0. The molecule has 180 valence electrons. The second kappa shape index (κ2) is 10.6. The highest BCUT2D eigenvalue weighted by Gasteiger charge is 2.21. The maximum Gasteiger partial charge on any atom is 0.270 e. The Bertz CT molecular complexity index is 1490. The lowest BCUT2D eigenvalue weighted by molar-refractivity contribution is 0.0906. The Hall–Kier alpha value is -4.23. The summed E-state index contributed by atoms with van der Waals surface area (Å²) < 4.78 is 1.80. The maximum atomic E-state index is 13.5. The number of fused-ring (bicyclic) bond motifs is 1. The Kier molecular flexibility index (Phi) is 6.91. The first-order valence-corrected chi connectivity index (χ1v) is 12.7. The molecule has 5 aromatic rings. The zero-order valence-corrected chi connectivity index (χ0v) is 20.7. The van der Waals surface area contributed by atoms with E-state index in [9.17, 15) is 9.59 Å². The number of carbonyl (C=O) groups excluding carboxylic acids is 2. The lowest BCUT2D eigenvalue weighted by Crippen LogP contribution is -2.45. The van der Waals surface area contributed by atoms with Gasteiger partial charge in [0.05, 0.1) is 11.7 Å². The van der Waals surface area contributed by atoms with Gasteiger partial charge in [-0.3, -0.25) is 14.0 Å². The standard InChI is InChI=1S/C29H26N4O2S/c1-20-26(33-16-17-36-29(33)31-20)28(35)30-19-23(18-21-10-4-2-5-11-21)32-27(34)25-15-9-8-14-24(25)22-12-6-3-7-13-22/h2-17,23H,18-19H2,1H3,(H,30,35)(H,32,34). The van der Waals surface area contributed by atoms with E-state index in [0.29, 0.717) is 23.4 Å². The maximum absolute atomic E-state index is 13.5. The number of carbonyl (C=O) groups is 2. The number of amides is 2. The molecule has 1 unspecified atom stereocenters. The van der Waals surface area contributed by atoms with E-state index < -0.39 is 0 Å². The SMILES string of the molecule is Cc1nc2sccn2c1C(=O)NCC(Cc1ccccc1)NC(=O)c1ccccc1-c1ccccc1. The molecule has 1 atom stereocenters.